The van der Waals surface area contributed by atoms with Gasteiger partial charge in [0.1, 0.15) is 0 Å². The van der Waals surface area contributed by atoms with E-state index in [1.165, 1.54) is 23.1 Å². The number of anilines is 1. The van der Waals surface area contributed by atoms with Gasteiger partial charge < -0.3 is 9.80 Å². The van der Waals surface area contributed by atoms with Crippen LogP contribution in [-0.4, -0.2) is 64.1 Å². The Morgan fingerprint density at radius 2 is 1.81 bits per heavy atom. The maximum atomic E-state index is 12.9. The molecule has 0 radical (unpaired) electrons. The predicted octanol–water partition coefficient (Wildman–Crippen LogP) is 3.39. The molecule has 0 spiro atoms. The Morgan fingerprint density at radius 3 is 2.47 bits per heavy atom. The van der Waals surface area contributed by atoms with Gasteiger partial charge in [0.05, 0.1) is 15.5 Å². The van der Waals surface area contributed by atoms with E-state index in [2.05, 4.69) is 4.90 Å². The second-order valence-electron chi connectivity index (χ2n) is 7.51. The summed E-state index contributed by atoms with van der Waals surface area (Å²) in [5, 5.41) is 11.1. The van der Waals surface area contributed by atoms with Gasteiger partial charge in [0.25, 0.3) is 17.5 Å². The van der Waals surface area contributed by atoms with Gasteiger partial charge in [0.15, 0.2) is 4.32 Å². The summed E-state index contributed by atoms with van der Waals surface area (Å²) in [5.74, 6) is -0.334. The van der Waals surface area contributed by atoms with Gasteiger partial charge in [-0.15, -0.1) is 0 Å². The molecule has 2 amide bonds. The number of amides is 2. The molecule has 4 rings (SSSR count). The van der Waals surface area contributed by atoms with Gasteiger partial charge in [-0.2, -0.15) is 0 Å². The molecular formula is C22H20N4O4S2. The lowest BCUT2D eigenvalue weighted by Gasteiger charge is -2.32. The van der Waals surface area contributed by atoms with Crippen LogP contribution in [0.5, 0.6) is 0 Å². The van der Waals surface area contributed by atoms with Crippen LogP contribution in [0.3, 0.4) is 0 Å². The van der Waals surface area contributed by atoms with Gasteiger partial charge in [-0.3, -0.25) is 24.6 Å². The number of nitrogens with zero attached hydrogens (tertiary/aromatic N) is 4. The summed E-state index contributed by atoms with van der Waals surface area (Å²) >= 11 is 6.48. The largest absolute Gasteiger partial charge is 0.336 e. The van der Waals surface area contributed by atoms with Crippen molar-refractivity contribution in [3.8, 4) is 0 Å². The minimum Gasteiger partial charge on any atom is -0.336 e. The number of likely N-dealkylation sites (N-methyl/N-ethyl adjacent to an activating group) is 1. The molecule has 0 aliphatic carbocycles. The van der Waals surface area contributed by atoms with Crippen molar-refractivity contribution in [1.29, 1.82) is 0 Å². The number of carbonyl (C=O) groups excluding carboxylic acids is 2. The summed E-state index contributed by atoms with van der Waals surface area (Å²) in [6, 6.07) is 12.9. The van der Waals surface area contributed by atoms with Crippen molar-refractivity contribution in [2.75, 3.05) is 38.1 Å². The first kappa shape index (κ1) is 22.1. The van der Waals surface area contributed by atoms with Crippen molar-refractivity contribution in [2.45, 2.75) is 0 Å². The Labute approximate surface area is 194 Å². The molecule has 0 N–H and O–H groups in total. The van der Waals surface area contributed by atoms with Gasteiger partial charge in [-0.25, -0.2) is 0 Å². The highest BCUT2D eigenvalue weighted by atomic mass is 32.2. The number of thiocarbonyl (C=S) groups is 1. The van der Waals surface area contributed by atoms with Gasteiger partial charge in [-0.05, 0) is 36.9 Å². The second-order valence-corrected chi connectivity index (χ2v) is 9.19. The molecule has 2 aromatic rings. The zero-order valence-corrected chi connectivity index (χ0v) is 18.9. The van der Waals surface area contributed by atoms with Crippen LogP contribution >= 0.6 is 24.0 Å². The van der Waals surface area contributed by atoms with Gasteiger partial charge in [0.2, 0.25) is 0 Å². The summed E-state index contributed by atoms with van der Waals surface area (Å²) in [7, 11) is 2.04. The standard InChI is InChI=1S/C22H20N4O4S2/c1-23-9-11-24(12-10-23)20(27)16-7-5-15(6-8-16)13-19-21(28)25(22(31)32-19)17-3-2-4-18(14-17)26(29)30/h2-8,13-14H,9-12H2,1H3/b19-13-. The fourth-order valence-corrected chi connectivity index (χ4v) is 4.80. The van der Waals surface area contributed by atoms with Gasteiger partial charge >= 0.3 is 0 Å². The van der Waals surface area contributed by atoms with E-state index in [1.807, 2.05) is 11.9 Å². The number of nitro groups is 1. The molecule has 2 aliphatic rings. The van der Waals surface area contributed by atoms with E-state index in [-0.39, 0.29) is 17.5 Å². The average molecular weight is 469 g/mol. The molecule has 2 saturated heterocycles. The zero-order chi connectivity index (χ0) is 22.8. The van der Waals surface area contributed by atoms with Crippen molar-refractivity contribution in [3.63, 3.8) is 0 Å². The second kappa shape index (κ2) is 9.19. The Hall–Kier alpha value is -3.08. The molecule has 2 heterocycles. The molecule has 0 bridgehead atoms. The molecule has 0 aromatic heterocycles. The van der Waals surface area contributed by atoms with Crippen LogP contribution in [-0.2, 0) is 4.79 Å². The quantitative estimate of drug-likeness (QED) is 0.294. The predicted molar refractivity (Wildman–Crippen MR) is 129 cm³/mol. The number of nitro benzene ring substituents is 1. The number of carbonyl (C=O) groups is 2. The van der Waals surface area contributed by atoms with Crippen molar-refractivity contribution in [2.24, 2.45) is 0 Å². The number of piperazine rings is 1. The fraction of sp³-hybridized carbons (Fsp3) is 0.227. The number of rotatable bonds is 4. The van der Waals surface area contributed by atoms with E-state index >= 15 is 0 Å². The lowest BCUT2D eigenvalue weighted by atomic mass is 10.1. The third-order valence-corrected chi connectivity index (χ3v) is 6.64. The Balaban J connectivity index is 1.50. The molecule has 32 heavy (non-hydrogen) atoms. The molecule has 0 saturated carbocycles. The van der Waals surface area contributed by atoms with Crippen LogP contribution < -0.4 is 4.90 Å². The molecular weight excluding hydrogens is 448 g/mol. The van der Waals surface area contributed by atoms with Gasteiger partial charge in [-0.1, -0.05) is 42.2 Å². The highest BCUT2D eigenvalue weighted by Gasteiger charge is 2.34. The smallest absolute Gasteiger partial charge is 0.271 e. The maximum absolute atomic E-state index is 12.9. The number of hydrogen-bond acceptors (Lipinski definition) is 7. The molecule has 10 heteroatoms. The summed E-state index contributed by atoms with van der Waals surface area (Å²) in [4.78, 5) is 41.9. The van der Waals surface area contributed by atoms with Crippen LogP contribution in [0.2, 0.25) is 0 Å². The normalized spacial score (nSPS) is 18.5. The molecule has 0 unspecified atom stereocenters. The van der Waals surface area contributed by atoms with Crippen LogP contribution in [0.1, 0.15) is 15.9 Å². The van der Waals surface area contributed by atoms with E-state index in [4.69, 9.17) is 12.2 Å². The highest BCUT2D eigenvalue weighted by molar-refractivity contribution is 8.27. The third-order valence-electron chi connectivity index (χ3n) is 5.34. The Kier molecular flexibility index (Phi) is 6.35. The van der Waals surface area contributed by atoms with Crippen molar-refractivity contribution >= 4 is 57.6 Å². The summed E-state index contributed by atoms with van der Waals surface area (Å²) in [6.07, 6.45) is 1.71. The number of hydrogen-bond donors (Lipinski definition) is 0. The minimum absolute atomic E-state index is 0.00152. The molecule has 2 fully saturated rings. The highest BCUT2D eigenvalue weighted by Crippen LogP contribution is 2.37. The first-order valence-corrected chi connectivity index (χ1v) is 11.2. The maximum Gasteiger partial charge on any atom is 0.271 e. The van der Waals surface area contributed by atoms with Crippen LogP contribution in [0.15, 0.2) is 53.4 Å². The van der Waals surface area contributed by atoms with E-state index in [0.29, 0.717) is 33.6 Å². The van der Waals surface area contributed by atoms with Gasteiger partial charge in [0, 0.05) is 43.9 Å². The molecule has 2 aromatic carbocycles. The van der Waals surface area contributed by atoms with E-state index < -0.39 is 4.92 Å². The summed E-state index contributed by atoms with van der Waals surface area (Å²) in [5.41, 5.74) is 1.62. The topological polar surface area (TPSA) is 87.0 Å². The minimum atomic E-state index is -0.512. The number of thioether (sulfide) groups is 1. The SMILES string of the molecule is CN1CCN(C(=O)c2ccc(/C=C3\SC(=S)N(c4cccc([N+](=O)[O-])c4)C3=O)cc2)CC1. The number of benzene rings is 2. The number of non-ortho nitro benzene ring substituents is 1. The lowest BCUT2D eigenvalue weighted by molar-refractivity contribution is -0.384. The van der Waals surface area contributed by atoms with E-state index in [0.717, 1.165) is 30.4 Å². The Bertz CT molecular complexity index is 1130. The van der Waals surface area contributed by atoms with Crippen molar-refractivity contribution in [3.05, 3.63) is 74.7 Å². The van der Waals surface area contributed by atoms with Crippen LogP contribution in [0, 0.1) is 10.1 Å². The first-order valence-electron chi connectivity index (χ1n) is 9.94. The van der Waals surface area contributed by atoms with Crippen LogP contribution in [0.4, 0.5) is 11.4 Å². The molecule has 164 valence electrons. The van der Waals surface area contributed by atoms with Crippen molar-refractivity contribution < 1.29 is 14.5 Å². The zero-order valence-electron chi connectivity index (χ0n) is 17.3. The molecule has 2 aliphatic heterocycles. The summed E-state index contributed by atoms with van der Waals surface area (Å²) in [6.45, 7) is 3.13. The summed E-state index contributed by atoms with van der Waals surface area (Å²) < 4.78 is 0.309. The lowest BCUT2D eigenvalue weighted by Crippen LogP contribution is -2.47. The average Bonchev–Trinajstić information content (AvgIpc) is 3.07. The van der Waals surface area contributed by atoms with Crippen molar-refractivity contribution in [1.82, 2.24) is 9.80 Å². The fourth-order valence-electron chi connectivity index (χ4n) is 3.50. The molecule has 8 nitrogen and oxygen atoms in total. The Morgan fingerprint density at radius 1 is 1.12 bits per heavy atom. The van der Waals surface area contributed by atoms with Crippen LogP contribution in [0.25, 0.3) is 6.08 Å². The van der Waals surface area contributed by atoms with E-state index in [9.17, 15) is 19.7 Å². The third kappa shape index (κ3) is 4.57. The monoisotopic (exact) mass is 468 g/mol. The first-order chi connectivity index (χ1) is 15.3. The van der Waals surface area contributed by atoms with E-state index in [1.54, 1.807) is 36.4 Å². The molecule has 0 atom stereocenters.